The molecule has 0 atom stereocenters. The van der Waals surface area contributed by atoms with Crippen LogP contribution in [0.4, 0.5) is 5.69 Å². The molecule has 0 radical (unpaired) electrons. The fourth-order valence-corrected chi connectivity index (χ4v) is 4.99. The van der Waals surface area contributed by atoms with Crippen LogP contribution in [0, 0.1) is 6.92 Å². The number of hydrogen-bond donors (Lipinski definition) is 2. The lowest BCUT2D eigenvalue weighted by Crippen LogP contribution is -2.38. The Morgan fingerprint density at radius 2 is 1.68 bits per heavy atom. The van der Waals surface area contributed by atoms with Crippen LogP contribution in [-0.4, -0.2) is 51.5 Å². The van der Waals surface area contributed by atoms with E-state index in [1.54, 1.807) is 42.2 Å². The first-order chi connectivity index (χ1) is 14.4. The maximum Gasteiger partial charge on any atom is 0.269 e. The maximum absolute atomic E-state index is 12.9. The summed E-state index contributed by atoms with van der Waals surface area (Å²) in [5, 5.41) is 0. The third kappa shape index (κ3) is 6.52. The molecule has 2 aromatic rings. The van der Waals surface area contributed by atoms with E-state index in [-0.39, 0.29) is 11.8 Å². The smallest absolute Gasteiger partial charge is 0.269 e. The van der Waals surface area contributed by atoms with Crippen molar-refractivity contribution in [3.05, 3.63) is 64.7 Å². The van der Waals surface area contributed by atoms with Gasteiger partial charge >= 0.3 is 0 Å². The van der Waals surface area contributed by atoms with Gasteiger partial charge < -0.3 is 4.90 Å². The summed E-state index contributed by atoms with van der Waals surface area (Å²) in [5.74, 6) is -0.296. The summed E-state index contributed by atoms with van der Waals surface area (Å²) in [6.45, 7) is 2.91. The van der Waals surface area contributed by atoms with Gasteiger partial charge in [0.15, 0.2) is 0 Å². The van der Waals surface area contributed by atoms with Crippen molar-refractivity contribution in [3.8, 4) is 0 Å². The molecule has 2 N–H and O–H groups in total. The molecule has 1 saturated heterocycles. The number of amides is 1. The number of anilines is 1. The number of sulfonamides is 1. The third-order valence-corrected chi connectivity index (χ3v) is 6.65. The third-order valence-electron chi connectivity index (χ3n) is 5.36. The second kappa shape index (κ2) is 8.97. The Bertz CT molecular complexity index is 1170. The Kier molecular flexibility index (Phi) is 6.73. The highest BCUT2D eigenvalue weighted by Crippen LogP contribution is 2.29. The van der Waals surface area contributed by atoms with Crippen LogP contribution in [-0.2, 0) is 25.9 Å². The fourth-order valence-electron chi connectivity index (χ4n) is 3.76. The minimum atomic E-state index is -4.06. The van der Waals surface area contributed by atoms with E-state index in [0.717, 1.165) is 30.2 Å². The molecule has 1 fully saturated rings. The summed E-state index contributed by atoms with van der Waals surface area (Å²) in [6, 6.07) is 12.1. The molecule has 1 heterocycles. The Hall–Kier alpha value is -2.43. The molecule has 0 spiro atoms. The van der Waals surface area contributed by atoms with Crippen LogP contribution in [0.1, 0.15) is 45.8 Å². The van der Waals surface area contributed by atoms with Crippen LogP contribution < -0.4 is 4.72 Å². The molecule has 31 heavy (non-hydrogen) atoms. The molecule has 0 unspecified atom stereocenters. The van der Waals surface area contributed by atoms with Crippen LogP contribution in [0.15, 0.2) is 42.5 Å². The first-order valence-corrected chi connectivity index (χ1v) is 13.3. The van der Waals surface area contributed by atoms with Gasteiger partial charge in [0, 0.05) is 18.7 Å². The number of piperidine rings is 1. The van der Waals surface area contributed by atoms with Gasteiger partial charge in [0.2, 0.25) is 10.0 Å². The van der Waals surface area contributed by atoms with Crippen molar-refractivity contribution in [1.29, 1.82) is 0 Å². The van der Waals surface area contributed by atoms with Gasteiger partial charge in [-0.3, -0.25) is 14.1 Å². The summed E-state index contributed by atoms with van der Waals surface area (Å²) in [5.41, 5.74) is 3.16. The minimum absolute atomic E-state index is 0.140. The molecule has 1 aliphatic rings. The van der Waals surface area contributed by atoms with Crippen molar-refractivity contribution < 1.29 is 26.2 Å². The number of aryl methyl sites for hydroxylation is 1. The lowest BCUT2D eigenvalue weighted by Gasteiger charge is -2.32. The Labute approximate surface area is 183 Å². The van der Waals surface area contributed by atoms with E-state index in [1.807, 2.05) is 12.1 Å². The van der Waals surface area contributed by atoms with Crippen molar-refractivity contribution >= 4 is 31.7 Å². The zero-order valence-corrected chi connectivity index (χ0v) is 19.0. The van der Waals surface area contributed by atoms with Gasteiger partial charge in [-0.25, -0.2) is 8.42 Å². The molecule has 0 aromatic heterocycles. The van der Waals surface area contributed by atoms with Gasteiger partial charge in [-0.15, -0.1) is 0 Å². The van der Waals surface area contributed by atoms with E-state index in [1.165, 1.54) is 0 Å². The Morgan fingerprint density at radius 1 is 1.06 bits per heavy atom. The van der Waals surface area contributed by atoms with Crippen molar-refractivity contribution in [2.24, 2.45) is 0 Å². The van der Waals surface area contributed by atoms with E-state index >= 15 is 0 Å². The molecule has 168 valence electrons. The maximum atomic E-state index is 12.9. The van der Waals surface area contributed by atoms with E-state index in [2.05, 4.69) is 4.72 Å². The quantitative estimate of drug-likeness (QED) is 0.632. The first-order valence-electron chi connectivity index (χ1n) is 9.83. The number of carbonyl (C=O) groups excluding carboxylic acids is 1. The molecule has 1 amide bonds. The summed E-state index contributed by atoms with van der Waals surface area (Å²) >= 11 is 0. The normalized spacial score (nSPS) is 15.6. The minimum Gasteiger partial charge on any atom is -0.339 e. The highest BCUT2D eigenvalue weighted by Gasteiger charge is 2.25. The predicted molar refractivity (Wildman–Crippen MR) is 119 cm³/mol. The van der Waals surface area contributed by atoms with Gasteiger partial charge in [0.25, 0.3) is 16.0 Å². The van der Waals surface area contributed by atoms with Crippen molar-refractivity contribution in [2.75, 3.05) is 24.1 Å². The van der Waals surface area contributed by atoms with Crippen molar-refractivity contribution in [2.45, 2.75) is 31.4 Å². The first kappa shape index (κ1) is 23.2. The molecule has 0 bridgehead atoms. The summed E-state index contributed by atoms with van der Waals surface area (Å²) < 4.78 is 56.5. The average molecular weight is 467 g/mol. The van der Waals surface area contributed by atoms with Crippen LogP contribution in [0.25, 0.3) is 0 Å². The number of carbonyl (C=O) groups is 1. The van der Waals surface area contributed by atoms with Gasteiger partial charge in [0.05, 0.1) is 11.9 Å². The lowest BCUT2D eigenvalue weighted by molar-refractivity contribution is 0.0713. The largest absolute Gasteiger partial charge is 0.339 e. The van der Waals surface area contributed by atoms with Crippen LogP contribution >= 0.6 is 0 Å². The second-order valence-electron chi connectivity index (χ2n) is 7.94. The average Bonchev–Trinajstić information content (AvgIpc) is 2.68. The van der Waals surface area contributed by atoms with E-state index < -0.39 is 25.9 Å². The lowest BCUT2D eigenvalue weighted by atomic mass is 9.89. The topological polar surface area (TPSA) is 121 Å². The van der Waals surface area contributed by atoms with Gasteiger partial charge in [0.1, 0.15) is 5.75 Å². The molecular formula is C21H26N2O6S2. The standard InChI is InChI=1S/C21H26N2O6S2/c1-15-3-6-19(13-20(15)22-30(2,25)26)21(24)23-11-9-18(10-12-23)17-7-4-16(5-8-17)14-31(27,28)29/h3-8,13,18,22H,9-12,14H2,1-2H3,(H,27,28,29). The van der Waals surface area contributed by atoms with Crippen molar-refractivity contribution in [3.63, 3.8) is 0 Å². The molecule has 0 aliphatic carbocycles. The van der Waals surface area contributed by atoms with Crippen LogP contribution in [0.2, 0.25) is 0 Å². The van der Waals surface area contributed by atoms with Crippen LogP contribution in [0.5, 0.6) is 0 Å². The Balaban J connectivity index is 1.64. The number of likely N-dealkylation sites (tertiary alicyclic amines) is 1. The zero-order chi connectivity index (χ0) is 22.8. The van der Waals surface area contributed by atoms with Gasteiger partial charge in [-0.2, -0.15) is 8.42 Å². The number of benzene rings is 2. The summed E-state index contributed by atoms with van der Waals surface area (Å²) in [4.78, 5) is 14.7. The summed E-state index contributed by atoms with van der Waals surface area (Å²) in [7, 11) is -7.50. The number of nitrogens with zero attached hydrogens (tertiary/aromatic N) is 1. The number of rotatable bonds is 6. The highest BCUT2D eigenvalue weighted by molar-refractivity contribution is 7.92. The number of nitrogens with one attached hydrogen (secondary N) is 1. The van der Waals surface area contributed by atoms with E-state index in [0.29, 0.717) is 29.9 Å². The SMILES string of the molecule is Cc1ccc(C(=O)N2CCC(c3ccc(CS(=O)(=O)O)cc3)CC2)cc1NS(C)(=O)=O. The molecule has 8 nitrogen and oxygen atoms in total. The fraction of sp³-hybridized carbons (Fsp3) is 0.381. The second-order valence-corrected chi connectivity index (χ2v) is 11.1. The van der Waals surface area contributed by atoms with Crippen molar-refractivity contribution in [1.82, 2.24) is 4.90 Å². The molecule has 3 rings (SSSR count). The molecule has 1 aliphatic heterocycles. The van der Waals surface area contributed by atoms with E-state index in [4.69, 9.17) is 4.55 Å². The molecule has 10 heteroatoms. The Morgan fingerprint density at radius 3 is 2.23 bits per heavy atom. The predicted octanol–water partition coefficient (Wildman–Crippen LogP) is 2.77. The molecule has 0 saturated carbocycles. The molecule has 2 aromatic carbocycles. The highest BCUT2D eigenvalue weighted by atomic mass is 32.2. The van der Waals surface area contributed by atoms with Crippen LogP contribution in [0.3, 0.4) is 0 Å². The van der Waals surface area contributed by atoms with E-state index in [9.17, 15) is 21.6 Å². The number of hydrogen-bond acceptors (Lipinski definition) is 5. The zero-order valence-electron chi connectivity index (χ0n) is 17.4. The summed E-state index contributed by atoms with van der Waals surface area (Å²) in [6.07, 6.45) is 2.61. The monoisotopic (exact) mass is 466 g/mol. The van der Waals surface area contributed by atoms with Gasteiger partial charge in [-0.05, 0) is 54.5 Å². The molecular weight excluding hydrogens is 440 g/mol. The van der Waals surface area contributed by atoms with Gasteiger partial charge in [-0.1, -0.05) is 30.3 Å².